The maximum atomic E-state index is 11.8. The van der Waals surface area contributed by atoms with Gasteiger partial charge in [0.05, 0.1) is 0 Å². The molecule has 1 unspecified atom stereocenters. The van der Waals surface area contributed by atoms with Crippen molar-refractivity contribution in [2.75, 3.05) is 19.7 Å². The van der Waals surface area contributed by atoms with E-state index >= 15 is 0 Å². The highest BCUT2D eigenvalue weighted by Crippen LogP contribution is 2.34. The fraction of sp³-hybridized carbons (Fsp3) is 0.588. The Labute approximate surface area is 125 Å². The van der Waals surface area contributed by atoms with Gasteiger partial charge < -0.3 is 9.84 Å². The summed E-state index contributed by atoms with van der Waals surface area (Å²) < 4.78 is 5.73. The lowest BCUT2D eigenvalue weighted by atomic mass is 10.0. The minimum absolute atomic E-state index is 0.561. The maximum Gasteiger partial charge on any atom is 0.325 e. The van der Waals surface area contributed by atoms with Gasteiger partial charge in [-0.25, -0.2) is 0 Å². The topological polar surface area (TPSA) is 49.8 Å². The van der Waals surface area contributed by atoms with Gasteiger partial charge in [-0.1, -0.05) is 43.9 Å². The monoisotopic (exact) mass is 289 g/mol. The second-order valence-corrected chi connectivity index (χ2v) is 6.10. The standard InChI is InChI=1S/C17H23NO3/c19-17(20)16-14-7-3-4-8-15(14)21-12-11-18(16)10-9-13-5-1-2-6-13/h3-4,7-8,13,16H,1-2,5-6,9-12H2,(H,19,20). The van der Waals surface area contributed by atoms with Crippen LogP contribution in [0, 0.1) is 5.92 Å². The lowest BCUT2D eigenvalue weighted by Crippen LogP contribution is -2.36. The van der Waals surface area contributed by atoms with E-state index in [1.807, 2.05) is 24.3 Å². The van der Waals surface area contributed by atoms with E-state index < -0.39 is 12.0 Å². The SMILES string of the molecule is O=C(O)C1c2ccccc2OCCN1CCC1CCCC1. The van der Waals surface area contributed by atoms with Gasteiger partial charge in [-0.2, -0.15) is 0 Å². The minimum Gasteiger partial charge on any atom is -0.492 e. The Morgan fingerprint density at radius 1 is 1.29 bits per heavy atom. The molecule has 21 heavy (non-hydrogen) atoms. The second kappa shape index (κ2) is 6.48. The molecule has 0 bridgehead atoms. The zero-order valence-electron chi connectivity index (χ0n) is 12.3. The summed E-state index contributed by atoms with van der Waals surface area (Å²) in [6.45, 7) is 2.09. The van der Waals surface area contributed by atoms with Crippen LogP contribution in [0.15, 0.2) is 24.3 Å². The van der Waals surface area contributed by atoms with E-state index in [2.05, 4.69) is 4.90 Å². The van der Waals surface area contributed by atoms with Crippen molar-refractivity contribution in [1.29, 1.82) is 0 Å². The van der Waals surface area contributed by atoms with Crippen molar-refractivity contribution in [2.45, 2.75) is 38.1 Å². The third kappa shape index (κ3) is 3.21. The van der Waals surface area contributed by atoms with E-state index in [4.69, 9.17) is 4.74 Å². The number of rotatable bonds is 4. The Kier molecular flexibility index (Phi) is 4.44. The Hall–Kier alpha value is -1.55. The molecule has 1 heterocycles. The highest BCUT2D eigenvalue weighted by Gasteiger charge is 2.32. The van der Waals surface area contributed by atoms with Gasteiger partial charge in [-0.05, 0) is 24.9 Å². The predicted octanol–water partition coefficient (Wildman–Crippen LogP) is 3.09. The fourth-order valence-corrected chi connectivity index (χ4v) is 3.61. The normalized spacial score (nSPS) is 23.3. The Morgan fingerprint density at radius 3 is 2.81 bits per heavy atom. The van der Waals surface area contributed by atoms with E-state index in [0.29, 0.717) is 18.9 Å². The molecule has 1 atom stereocenters. The van der Waals surface area contributed by atoms with Crippen LogP contribution in [0.5, 0.6) is 5.75 Å². The number of nitrogens with zero attached hydrogens (tertiary/aromatic N) is 1. The molecule has 0 aromatic heterocycles. The van der Waals surface area contributed by atoms with Gasteiger partial charge in [0.1, 0.15) is 18.4 Å². The molecule has 0 spiro atoms. The van der Waals surface area contributed by atoms with Crippen molar-refractivity contribution in [3.8, 4) is 5.75 Å². The molecule has 1 fully saturated rings. The first-order valence-electron chi connectivity index (χ1n) is 7.94. The highest BCUT2D eigenvalue weighted by molar-refractivity contribution is 5.76. The molecule has 1 saturated carbocycles. The molecule has 1 aromatic carbocycles. The van der Waals surface area contributed by atoms with Crippen LogP contribution in [-0.2, 0) is 4.79 Å². The molecule has 0 amide bonds. The summed E-state index contributed by atoms with van der Waals surface area (Å²) in [5, 5.41) is 9.68. The number of benzene rings is 1. The molecule has 1 aromatic rings. The van der Waals surface area contributed by atoms with Gasteiger partial charge in [-0.3, -0.25) is 9.69 Å². The molecular formula is C17H23NO3. The van der Waals surface area contributed by atoms with E-state index in [-0.39, 0.29) is 0 Å². The first kappa shape index (κ1) is 14.4. The number of carboxylic acids is 1. The number of aliphatic carboxylic acids is 1. The summed E-state index contributed by atoms with van der Waals surface area (Å²) in [6, 6.07) is 6.95. The van der Waals surface area contributed by atoms with Crippen molar-refractivity contribution < 1.29 is 14.6 Å². The van der Waals surface area contributed by atoms with Crippen LogP contribution in [0.1, 0.15) is 43.7 Å². The Bertz CT molecular complexity index is 497. The van der Waals surface area contributed by atoms with Crippen LogP contribution in [0.4, 0.5) is 0 Å². The van der Waals surface area contributed by atoms with Crippen LogP contribution < -0.4 is 4.74 Å². The van der Waals surface area contributed by atoms with Crippen molar-refractivity contribution in [2.24, 2.45) is 5.92 Å². The number of ether oxygens (including phenoxy) is 1. The second-order valence-electron chi connectivity index (χ2n) is 6.10. The average molecular weight is 289 g/mol. The molecule has 0 radical (unpaired) electrons. The van der Waals surface area contributed by atoms with Crippen LogP contribution in [-0.4, -0.2) is 35.7 Å². The zero-order valence-corrected chi connectivity index (χ0v) is 12.3. The molecular weight excluding hydrogens is 266 g/mol. The van der Waals surface area contributed by atoms with E-state index in [0.717, 1.165) is 24.4 Å². The van der Waals surface area contributed by atoms with Crippen LogP contribution in [0.25, 0.3) is 0 Å². The molecule has 114 valence electrons. The molecule has 2 aliphatic rings. The molecule has 1 aliphatic heterocycles. The van der Waals surface area contributed by atoms with Gasteiger partial charge in [0.15, 0.2) is 0 Å². The largest absolute Gasteiger partial charge is 0.492 e. The van der Waals surface area contributed by atoms with Gasteiger partial charge >= 0.3 is 5.97 Å². The number of hydrogen-bond acceptors (Lipinski definition) is 3. The number of carboxylic acid groups (broad SMARTS) is 1. The quantitative estimate of drug-likeness (QED) is 0.925. The molecule has 1 aliphatic carbocycles. The number of carbonyl (C=O) groups is 1. The maximum absolute atomic E-state index is 11.8. The average Bonchev–Trinajstić information content (AvgIpc) is 2.91. The van der Waals surface area contributed by atoms with E-state index in [1.165, 1.54) is 25.7 Å². The van der Waals surface area contributed by atoms with E-state index in [9.17, 15) is 9.90 Å². The molecule has 4 heteroatoms. The highest BCUT2D eigenvalue weighted by atomic mass is 16.5. The number of hydrogen-bond donors (Lipinski definition) is 1. The van der Waals surface area contributed by atoms with E-state index in [1.54, 1.807) is 0 Å². The van der Waals surface area contributed by atoms with Crippen molar-refractivity contribution >= 4 is 5.97 Å². The van der Waals surface area contributed by atoms with Gasteiger partial charge in [-0.15, -0.1) is 0 Å². The molecule has 1 N–H and O–H groups in total. The number of fused-ring (bicyclic) bond motifs is 1. The lowest BCUT2D eigenvalue weighted by molar-refractivity contribution is -0.143. The first-order valence-corrected chi connectivity index (χ1v) is 7.94. The lowest BCUT2D eigenvalue weighted by Gasteiger charge is -2.27. The predicted molar refractivity (Wildman–Crippen MR) is 80.5 cm³/mol. The van der Waals surface area contributed by atoms with Crippen molar-refractivity contribution in [3.05, 3.63) is 29.8 Å². The fourth-order valence-electron chi connectivity index (χ4n) is 3.61. The third-order valence-corrected chi connectivity index (χ3v) is 4.75. The van der Waals surface area contributed by atoms with Gasteiger partial charge in [0.25, 0.3) is 0 Å². The number of para-hydroxylation sites is 1. The smallest absolute Gasteiger partial charge is 0.325 e. The summed E-state index contributed by atoms with van der Waals surface area (Å²) in [7, 11) is 0. The summed E-state index contributed by atoms with van der Waals surface area (Å²) >= 11 is 0. The van der Waals surface area contributed by atoms with Crippen LogP contribution in [0.2, 0.25) is 0 Å². The summed E-state index contributed by atoms with van der Waals surface area (Å²) in [5.41, 5.74) is 0.786. The van der Waals surface area contributed by atoms with Crippen LogP contribution in [0.3, 0.4) is 0 Å². The minimum atomic E-state index is -0.778. The van der Waals surface area contributed by atoms with Crippen LogP contribution >= 0.6 is 0 Å². The third-order valence-electron chi connectivity index (χ3n) is 4.75. The molecule has 4 nitrogen and oxygen atoms in total. The first-order chi connectivity index (χ1) is 10.3. The summed E-state index contributed by atoms with van der Waals surface area (Å²) in [5.74, 6) is 0.714. The summed E-state index contributed by atoms with van der Waals surface area (Å²) in [6.07, 6.45) is 6.38. The summed E-state index contributed by atoms with van der Waals surface area (Å²) in [4.78, 5) is 13.9. The Balaban J connectivity index is 1.76. The molecule has 3 rings (SSSR count). The van der Waals surface area contributed by atoms with Gasteiger partial charge in [0, 0.05) is 12.1 Å². The van der Waals surface area contributed by atoms with Gasteiger partial charge in [0.2, 0.25) is 0 Å². The zero-order chi connectivity index (χ0) is 14.7. The van der Waals surface area contributed by atoms with Crippen molar-refractivity contribution in [1.82, 2.24) is 4.90 Å². The van der Waals surface area contributed by atoms with Crippen molar-refractivity contribution in [3.63, 3.8) is 0 Å². The molecule has 0 saturated heterocycles. The Morgan fingerprint density at radius 2 is 2.05 bits per heavy atom.